The van der Waals surface area contributed by atoms with E-state index in [1.807, 2.05) is 6.07 Å². The Hall–Kier alpha value is -2.65. The van der Waals surface area contributed by atoms with Crippen LogP contribution in [0.2, 0.25) is 0 Å². The van der Waals surface area contributed by atoms with Crippen LogP contribution in [0.1, 0.15) is 28.8 Å². The molecule has 1 fully saturated rings. The van der Waals surface area contributed by atoms with Crippen molar-refractivity contribution in [1.82, 2.24) is 14.2 Å². The van der Waals surface area contributed by atoms with Crippen LogP contribution in [0.3, 0.4) is 0 Å². The molecule has 8 nitrogen and oxygen atoms in total. The Morgan fingerprint density at radius 3 is 2.67 bits per heavy atom. The van der Waals surface area contributed by atoms with E-state index in [-0.39, 0.29) is 18.5 Å². The molecule has 162 valence electrons. The van der Waals surface area contributed by atoms with Gasteiger partial charge >= 0.3 is 0 Å². The summed E-state index contributed by atoms with van der Waals surface area (Å²) in [6.07, 6.45) is 5.91. The lowest BCUT2D eigenvalue weighted by Gasteiger charge is -2.38. The van der Waals surface area contributed by atoms with E-state index in [9.17, 15) is 13.2 Å². The third kappa shape index (κ3) is 4.91. The molecule has 1 aromatic heterocycles. The van der Waals surface area contributed by atoms with Gasteiger partial charge in [-0.25, -0.2) is 8.42 Å². The molecule has 0 bridgehead atoms. The van der Waals surface area contributed by atoms with Gasteiger partial charge in [-0.1, -0.05) is 12.1 Å². The van der Waals surface area contributed by atoms with Crippen molar-refractivity contribution < 1.29 is 22.7 Å². The summed E-state index contributed by atoms with van der Waals surface area (Å²) in [7, 11) is -0.465. The second kappa shape index (κ2) is 9.44. The number of benzene rings is 1. The van der Waals surface area contributed by atoms with Crippen molar-refractivity contribution in [2.24, 2.45) is 0 Å². The number of amides is 1. The first-order valence-electron chi connectivity index (χ1n) is 9.71. The average molecular weight is 434 g/mol. The molecule has 1 amide bonds. The van der Waals surface area contributed by atoms with E-state index in [0.29, 0.717) is 43.0 Å². The fourth-order valence-electron chi connectivity index (χ4n) is 3.79. The van der Waals surface area contributed by atoms with Crippen molar-refractivity contribution >= 4 is 15.9 Å². The highest BCUT2D eigenvalue weighted by molar-refractivity contribution is 7.88. The summed E-state index contributed by atoms with van der Waals surface area (Å²) >= 11 is 0. The van der Waals surface area contributed by atoms with Gasteiger partial charge in [-0.2, -0.15) is 4.31 Å². The van der Waals surface area contributed by atoms with Gasteiger partial charge in [-0.05, 0) is 36.6 Å². The van der Waals surface area contributed by atoms with Gasteiger partial charge in [0.15, 0.2) is 11.5 Å². The number of piperidine rings is 1. The molecule has 1 aliphatic rings. The zero-order chi connectivity index (χ0) is 21.7. The number of pyridine rings is 1. The Labute approximate surface area is 177 Å². The minimum absolute atomic E-state index is 0.203. The quantitative estimate of drug-likeness (QED) is 0.665. The highest BCUT2D eigenvalue weighted by Crippen LogP contribution is 2.32. The Balaban J connectivity index is 1.84. The molecule has 0 saturated carbocycles. The first kappa shape index (κ1) is 22.0. The predicted octanol–water partition coefficient (Wildman–Crippen LogP) is 2.17. The minimum atomic E-state index is -3.48. The Morgan fingerprint density at radius 2 is 2.03 bits per heavy atom. The minimum Gasteiger partial charge on any atom is -0.493 e. The second-order valence-corrected chi connectivity index (χ2v) is 9.19. The largest absolute Gasteiger partial charge is 0.493 e. The van der Waals surface area contributed by atoms with Crippen molar-refractivity contribution in [2.75, 3.05) is 33.6 Å². The first-order chi connectivity index (χ1) is 14.3. The standard InChI is InChI=1S/C21H27N3O5S/c1-28-19-10-4-9-18(20(19)29-2)21(25)23-12-6-8-17(15-23)24(30(3,26)27)14-16-7-5-11-22-13-16/h4-5,7,9-11,13,17H,6,8,12,14-15H2,1-3H3. The molecular formula is C21H27N3O5S. The van der Waals surface area contributed by atoms with Crippen molar-refractivity contribution in [3.63, 3.8) is 0 Å². The van der Waals surface area contributed by atoms with Gasteiger partial charge in [0.2, 0.25) is 10.0 Å². The van der Waals surface area contributed by atoms with Gasteiger partial charge in [0.05, 0.1) is 26.0 Å². The van der Waals surface area contributed by atoms with E-state index in [1.165, 1.54) is 24.8 Å². The number of para-hydroxylation sites is 1. The Morgan fingerprint density at radius 1 is 1.23 bits per heavy atom. The lowest BCUT2D eigenvalue weighted by atomic mass is 10.0. The first-order valence-corrected chi connectivity index (χ1v) is 11.6. The van der Waals surface area contributed by atoms with Gasteiger partial charge in [0, 0.05) is 38.1 Å². The number of carbonyl (C=O) groups excluding carboxylic acids is 1. The summed E-state index contributed by atoms with van der Waals surface area (Å²) < 4.78 is 37.2. The monoisotopic (exact) mass is 433 g/mol. The molecular weight excluding hydrogens is 406 g/mol. The van der Waals surface area contributed by atoms with E-state index in [2.05, 4.69) is 4.98 Å². The zero-order valence-electron chi connectivity index (χ0n) is 17.4. The lowest BCUT2D eigenvalue weighted by Crippen LogP contribution is -2.51. The lowest BCUT2D eigenvalue weighted by molar-refractivity contribution is 0.0647. The third-order valence-corrected chi connectivity index (χ3v) is 6.49. The topological polar surface area (TPSA) is 89.0 Å². The van der Waals surface area contributed by atoms with E-state index in [1.54, 1.807) is 41.6 Å². The molecule has 0 spiro atoms. The maximum atomic E-state index is 13.2. The van der Waals surface area contributed by atoms with E-state index in [0.717, 1.165) is 5.56 Å². The SMILES string of the molecule is COc1cccc(C(=O)N2CCCC(N(Cc3cccnc3)S(C)(=O)=O)C2)c1OC. The van der Waals surface area contributed by atoms with Crippen LogP contribution < -0.4 is 9.47 Å². The number of hydrogen-bond donors (Lipinski definition) is 0. The van der Waals surface area contributed by atoms with Crippen LogP contribution in [0.25, 0.3) is 0 Å². The van der Waals surface area contributed by atoms with Crippen molar-refractivity contribution in [1.29, 1.82) is 0 Å². The number of hydrogen-bond acceptors (Lipinski definition) is 6. The summed E-state index contributed by atoms with van der Waals surface area (Å²) in [5, 5.41) is 0. The zero-order valence-corrected chi connectivity index (χ0v) is 18.3. The summed E-state index contributed by atoms with van der Waals surface area (Å²) in [4.78, 5) is 19.0. The smallest absolute Gasteiger partial charge is 0.257 e. The summed E-state index contributed by atoms with van der Waals surface area (Å²) in [6.45, 7) is 1.09. The molecule has 1 atom stereocenters. The fraction of sp³-hybridized carbons (Fsp3) is 0.429. The number of nitrogens with zero attached hydrogens (tertiary/aromatic N) is 3. The molecule has 3 rings (SSSR count). The molecule has 30 heavy (non-hydrogen) atoms. The number of ether oxygens (including phenoxy) is 2. The molecule has 0 radical (unpaired) electrons. The molecule has 0 aliphatic carbocycles. The Bertz CT molecular complexity index is 981. The van der Waals surface area contributed by atoms with Crippen LogP contribution in [0.4, 0.5) is 0 Å². The number of aromatic nitrogens is 1. The average Bonchev–Trinajstić information content (AvgIpc) is 2.76. The molecule has 1 unspecified atom stereocenters. The van der Waals surface area contributed by atoms with Crippen LogP contribution in [-0.2, 0) is 16.6 Å². The van der Waals surface area contributed by atoms with Crippen LogP contribution in [-0.4, -0.2) is 68.1 Å². The summed E-state index contributed by atoms with van der Waals surface area (Å²) in [6, 6.07) is 8.47. The molecule has 1 aliphatic heterocycles. The van der Waals surface area contributed by atoms with Crippen molar-refractivity contribution in [2.45, 2.75) is 25.4 Å². The normalized spacial score (nSPS) is 17.1. The van der Waals surface area contributed by atoms with E-state index < -0.39 is 10.0 Å². The number of methoxy groups -OCH3 is 2. The molecule has 0 N–H and O–H groups in total. The number of likely N-dealkylation sites (tertiary alicyclic amines) is 1. The highest BCUT2D eigenvalue weighted by atomic mass is 32.2. The second-order valence-electron chi connectivity index (χ2n) is 7.26. The maximum absolute atomic E-state index is 13.2. The molecule has 2 heterocycles. The van der Waals surface area contributed by atoms with Gasteiger partial charge in [-0.15, -0.1) is 0 Å². The molecule has 2 aromatic rings. The van der Waals surface area contributed by atoms with Crippen molar-refractivity contribution in [3.05, 3.63) is 53.9 Å². The molecule has 1 aromatic carbocycles. The number of rotatable bonds is 7. The maximum Gasteiger partial charge on any atom is 0.257 e. The van der Waals surface area contributed by atoms with Gasteiger partial charge in [0.25, 0.3) is 5.91 Å². The van der Waals surface area contributed by atoms with Crippen LogP contribution in [0, 0.1) is 0 Å². The number of carbonyl (C=O) groups is 1. The van der Waals surface area contributed by atoms with Crippen molar-refractivity contribution in [3.8, 4) is 11.5 Å². The fourth-order valence-corrected chi connectivity index (χ4v) is 4.89. The van der Waals surface area contributed by atoms with Gasteiger partial charge in [0.1, 0.15) is 0 Å². The Kier molecular flexibility index (Phi) is 6.94. The van der Waals surface area contributed by atoms with Gasteiger partial charge < -0.3 is 14.4 Å². The predicted molar refractivity (Wildman–Crippen MR) is 113 cm³/mol. The highest BCUT2D eigenvalue weighted by Gasteiger charge is 2.34. The summed E-state index contributed by atoms with van der Waals surface area (Å²) in [5.74, 6) is 0.652. The van der Waals surface area contributed by atoms with E-state index >= 15 is 0 Å². The molecule has 9 heteroatoms. The van der Waals surface area contributed by atoms with Gasteiger partial charge in [-0.3, -0.25) is 9.78 Å². The molecule has 1 saturated heterocycles. The van der Waals surface area contributed by atoms with Crippen LogP contribution >= 0.6 is 0 Å². The van der Waals surface area contributed by atoms with Crippen LogP contribution in [0.5, 0.6) is 11.5 Å². The summed E-state index contributed by atoms with van der Waals surface area (Å²) in [5.41, 5.74) is 1.21. The third-order valence-electron chi connectivity index (χ3n) is 5.21. The van der Waals surface area contributed by atoms with Crippen LogP contribution in [0.15, 0.2) is 42.7 Å². The number of sulfonamides is 1. The van der Waals surface area contributed by atoms with E-state index in [4.69, 9.17) is 9.47 Å².